The van der Waals surface area contributed by atoms with E-state index in [1.165, 1.54) is 4.90 Å². The van der Waals surface area contributed by atoms with Gasteiger partial charge in [-0.05, 0) is 71.8 Å². The number of amides is 2. The molecule has 180 valence electrons. The summed E-state index contributed by atoms with van der Waals surface area (Å²) in [6.45, 7) is 3.80. The Morgan fingerprint density at radius 3 is 2.33 bits per heavy atom. The standard InChI is InChI=1S/C23H29ClIN3O4S/c1-4-5-14-26-23(30)17(2)27(15-18-8-6-7-9-21(18)24)22(29)16-28(33(3,31)32)20-12-10-19(25)11-13-20/h6-13,17H,4-5,14-16H2,1-3H3,(H,26,30). The van der Waals surface area contributed by atoms with E-state index in [0.29, 0.717) is 22.8 Å². The van der Waals surface area contributed by atoms with Gasteiger partial charge < -0.3 is 10.2 Å². The number of nitrogens with zero attached hydrogens (tertiary/aromatic N) is 2. The van der Waals surface area contributed by atoms with Crippen LogP contribution in [0.3, 0.4) is 0 Å². The van der Waals surface area contributed by atoms with Crippen LogP contribution in [0.1, 0.15) is 32.3 Å². The predicted molar refractivity (Wildman–Crippen MR) is 141 cm³/mol. The van der Waals surface area contributed by atoms with E-state index in [0.717, 1.165) is 27.0 Å². The third-order valence-electron chi connectivity index (χ3n) is 5.09. The molecule has 1 N–H and O–H groups in total. The smallest absolute Gasteiger partial charge is 0.244 e. The Hall–Kier alpha value is -1.85. The van der Waals surface area contributed by atoms with E-state index >= 15 is 0 Å². The lowest BCUT2D eigenvalue weighted by Crippen LogP contribution is -2.51. The maximum atomic E-state index is 13.4. The first-order chi connectivity index (χ1) is 15.5. The van der Waals surface area contributed by atoms with E-state index < -0.39 is 28.5 Å². The van der Waals surface area contributed by atoms with Gasteiger partial charge in [0.1, 0.15) is 12.6 Å². The lowest BCUT2D eigenvalue weighted by molar-refractivity contribution is -0.139. The van der Waals surface area contributed by atoms with Gasteiger partial charge in [0.25, 0.3) is 0 Å². The minimum absolute atomic E-state index is 0.0746. The van der Waals surface area contributed by atoms with Crippen LogP contribution >= 0.6 is 34.2 Å². The van der Waals surface area contributed by atoms with E-state index in [1.54, 1.807) is 55.5 Å². The van der Waals surface area contributed by atoms with Crippen molar-refractivity contribution >= 4 is 61.7 Å². The SMILES string of the molecule is CCCCNC(=O)C(C)N(Cc1ccccc1Cl)C(=O)CN(c1ccc(I)cc1)S(C)(=O)=O. The summed E-state index contributed by atoms with van der Waals surface area (Å²) in [5, 5.41) is 3.31. The van der Waals surface area contributed by atoms with Gasteiger partial charge >= 0.3 is 0 Å². The van der Waals surface area contributed by atoms with Crippen molar-refractivity contribution < 1.29 is 18.0 Å². The maximum Gasteiger partial charge on any atom is 0.244 e. The van der Waals surface area contributed by atoms with Gasteiger partial charge in [-0.2, -0.15) is 0 Å². The molecule has 2 aromatic carbocycles. The summed E-state index contributed by atoms with van der Waals surface area (Å²) in [5.41, 5.74) is 1.05. The van der Waals surface area contributed by atoms with Gasteiger partial charge in [-0.25, -0.2) is 8.42 Å². The number of benzene rings is 2. The Balaban J connectivity index is 2.35. The molecule has 0 radical (unpaired) electrons. The highest BCUT2D eigenvalue weighted by Crippen LogP contribution is 2.22. The first-order valence-electron chi connectivity index (χ1n) is 10.6. The number of anilines is 1. The molecule has 0 fully saturated rings. The van der Waals surface area contributed by atoms with Crippen LogP contribution in [0.2, 0.25) is 5.02 Å². The molecule has 0 heterocycles. The van der Waals surface area contributed by atoms with E-state index in [9.17, 15) is 18.0 Å². The van der Waals surface area contributed by atoms with Crippen molar-refractivity contribution in [3.63, 3.8) is 0 Å². The molecular formula is C23H29ClIN3O4S. The molecule has 2 rings (SSSR count). The summed E-state index contributed by atoms with van der Waals surface area (Å²) < 4.78 is 27.0. The molecule has 7 nitrogen and oxygen atoms in total. The molecule has 0 bridgehead atoms. The highest BCUT2D eigenvalue weighted by Gasteiger charge is 2.30. The zero-order valence-electron chi connectivity index (χ0n) is 18.9. The molecular weight excluding hydrogens is 577 g/mol. The van der Waals surface area contributed by atoms with Crippen LogP contribution in [-0.4, -0.2) is 50.5 Å². The zero-order valence-corrected chi connectivity index (χ0v) is 22.7. The molecule has 0 spiro atoms. The van der Waals surface area contributed by atoms with Crippen molar-refractivity contribution in [2.45, 2.75) is 39.3 Å². The number of sulfonamides is 1. The molecule has 1 unspecified atom stereocenters. The van der Waals surface area contributed by atoms with Gasteiger partial charge in [-0.3, -0.25) is 13.9 Å². The van der Waals surface area contributed by atoms with Crippen LogP contribution < -0.4 is 9.62 Å². The van der Waals surface area contributed by atoms with Gasteiger partial charge in [0.05, 0.1) is 11.9 Å². The average Bonchev–Trinajstić information content (AvgIpc) is 2.76. The molecule has 0 saturated carbocycles. The number of unbranched alkanes of at least 4 members (excludes halogenated alkanes) is 1. The van der Waals surface area contributed by atoms with E-state index in [2.05, 4.69) is 27.9 Å². The number of carbonyl (C=O) groups is 2. The Kier molecular flexibility index (Phi) is 10.4. The fraction of sp³-hybridized carbons (Fsp3) is 0.391. The minimum Gasteiger partial charge on any atom is -0.354 e. The lowest BCUT2D eigenvalue weighted by Gasteiger charge is -2.31. The third-order valence-corrected chi connectivity index (χ3v) is 7.32. The monoisotopic (exact) mass is 605 g/mol. The summed E-state index contributed by atoms with van der Waals surface area (Å²) >= 11 is 8.42. The summed E-state index contributed by atoms with van der Waals surface area (Å²) in [4.78, 5) is 27.6. The van der Waals surface area contributed by atoms with Crippen LogP contribution in [0.4, 0.5) is 5.69 Å². The Bertz CT molecular complexity index is 1060. The quantitative estimate of drug-likeness (QED) is 0.309. The highest BCUT2D eigenvalue weighted by molar-refractivity contribution is 14.1. The first-order valence-corrected chi connectivity index (χ1v) is 13.9. The van der Waals surface area contributed by atoms with Gasteiger partial charge in [-0.1, -0.05) is 43.1 Å². The average molecular weight is 606 g/mol. The van der Waals surface area contributed by atoms with E-state index in [4.69, 9.17) is 11.6 Å². The van der Waals surface area contributed by atoms with Crippen LogP contribution in [0.25, 0.3) is 0 Å². The third kappa shape index (κ3) is 8.15. The Labute approximate surface area is 214 Å². The number of halogens is 2. The van der Waals surface area contributed by atoms with Gasteiger partial charge in [0.2, 0.25) is 21.8 Å². The van der Waals surface area contributed by atoms with Crippen molar-refractivity contribution in [2.24, 2.45) is 0 Å². The number of carbonyl (C=O) groups excluding carboxylic acids is 2. The van der Waals surface area contributed by atoms with Crippen molar-refractivity contribution in [2.75, 3.05) is 23.7 Å². The fourth-order valence-corrected chi connectivity index (χ4v) is 4.55. The molecule has 0 aliphatic rings. The normalized spacial score (nSPS) is 12.2. The summed E-state index contributed by atoms with van der Waals surface area (Å²) in [7, 11) is -3.75. The van der Waals surface area contributed by atoms with Crippen LogP contribution in [0.15, 0.2) is 48.5 Å². The Morgan fingerprint density at radius 1 is 1.12 bits per heavy atom. The number of rotatable bonds is 11. The summed E-state index contributed by atoms with van der Waals surface area (Å²) in [6.07, 6.45) is 2.80. The van der Waals surface area contributed by atoms with Crippen LogP contribution in [0, 0.1) is 3.57 Å². The Morgan fingerprint density at radius 2 is 1.76 bits per heavy atom. The maximum absolute atomic E-state index is 13.4. The predicted octanol–water partition coefficient (Wildman–Crippen LogP) is 4.04. The fourth-order valence-electron chi connectivity index (χ4n) is 3.15. The van der Waals surface area contributed by atoms with E-state index in [-0.39, 0.29) is 12.5 Å². The molecule has 10 heteroatoms. The largest absolute Gasteiger partial charge is 0.354 e. The highest BCUT2D eigenvalue weighted by atomic mass is 127. The van der Waals surface area contributed by atoms with Gasteiger partial charge in [0.15, 0.2) is 0 Å². The second-order valence-electron chi connectivity index (χ2n) is 7.68. The molecule has 0 saturated heterocycles. The summed E-state index contributed by atoms with van der Waals surface area (Å²) in [6, 6.07) is 13.1. The molecule has 0 aliphatic heterocycles. The number of hydrogen-bond acceptors (Lipinski definition) is 4. The van der Waals surface area contributed by atoms with Crippen molar-refractivity contribution in [3.05, 3.63) is 62.7 Å². The number of nitrogens with one attached hydrogen (secondary N) is 1. The molecule has 0 aromatic heterocycles. The molecule has 2 aromatic rings. The number of hydrogen-bond donors (Lipinski definition) is 1. The van der Waals surface area contributed by atoms with Crippen LogP contribution in [-0.2, 0) is 26.2 Å². The summed E-state index contributed by atoms with van der Waals surface area (Å²) in [5.74, 6) is -0.805. The van der Waals surface area contributed by atoms with Gasteiger partial charge in [-0.15, -0.1) is 0 Å². The van der Waals surface area contributed by atoms with Crippen molar-refractivity contribution in [3.8, 4) is 0 Å². The van der Waals surface area contributed by atoms with Gasteiger partial charge in [0, 0.05) is 21.7 Å². The molecule has 0 aliphatic carbocycles. The molecule has 33 heavy (non-hydrogen) atoms. The molecule has 1 atom stereocenters. The minimum atomic E-state index is -3.75. The van der Waals surface area contributed by atoms with Crippen LogP contribution in [0.5, 0.6) is 0 Å². The first kappa shape index (κ1) is 27.4. The molecule has 2 amide bonds. The van der Waals surface area contributed by atoms with E-state index in [1.807, 2.05) is 6.92 Å². The second kappa shape index (κ2) is 12.6. The van der Waals surface area contributed by atoms with Crippen molar-refractivity contribution in [1.29, 1.82) is 0 Å². The lowest BCUT2D eigenvalue weighted by atomic mass is 10.1. The topological polar surface area (TPSA) is 86.8 Å². The second-order valence-corrected chi connectivity index (χ2v) is 11.2. The zero-order chi connectivity index (χ0) is 24.6. The van der Waals surface area contributed by atoms with Crippen molar-refractivity contribution in [1.82, 2.24) is 10.2 Å².